The minimum atomic E-state index is 0.967. The van der Waals surface area contributed by atoms with E-state index in [0.717, 1.165) is 15.7 Å². The molecule has 0 aromatic carbocycles. The van der Waals surface area contributed by atoms with E-state index in [9.17, 15) is 0 Å². The van der Waals surface area contributed by atoms with Gasteiger partial charge in [0.1, 0.15) is 0 Å². The third kappa shape index (κ3) is 1.38. The zero-order valence-electron chi connectivity index (χ0n) is 6.16. The molecule has 0 aliphatic rings. The van der Waals surface area contributed by atoms with Crippen molar-refractivity contribution in [2.24, 2.45) is 0 Å². The third-order valence-electron chi connectivity index (χ3n) is 1.52. The van der Waals surface area contributed by atoms with Crippen LogP contribution in [0.2, 0.25) is 0 Å². The van der Waals surface area contributed by atoms with Crippen LogP contribution in [0.1, 0.15) is 0 Å². The van der Waals surface area contributed by atoms with E-state index >= 15 is 0 Å². The van der Waals surface area contributed by atoms with Crippen molar-refractivity contribution >= 4 is 15.9 Å². The van der Waals surface area contributed by atoms with Gasteiger partial charge in [0.05, 0.1) is 5.69 Å². The van der Waals surface area contributed by atoms with Crippen molar-refractivity contribution < 1.29 is 0 Å². The van der Waals surface area contributed by atoms with Gasteiger partial charge < -0.3 is 0 Å². The van der Waals surface area contributed by atoms with E-state index in [0.29, 0.717) is 0 Å². The quantitative estimate of drug-likeness (QED) is 0.806. The fraction of sp³-hybridized carbons (Fsp3) is 0. The van der Waals surface area contributed by atoms with Gasteiger partial charge in [0.2, 0.25) is 0 Å². The molecule has 0 amide bonds. The summed E-state index contributed by atoms with van der Waals surface area (Å²) < 4.78 is 0.967. The second kappa shape index (κ2) is 3.06. The van der Waals surface area contributed by atoms with E-state index in [1.165, 1.54) is 0 Å². The van der Waals surface area contributed by atoms with E-state index in [1.54, 1.807) is 18.6 Å². The van der Waals surface area contributed by atoms with E-state index in [1.807, 2.05) is 12.1 Å². The molecule has 0 saturated carbocycles. The largest absolute Gasteiger partial charge is 0.278 e. The van der Waals surface area contributed by atoms with Gasteiger partial charge in [-0.15, -0.1) is 0 Å². The summed E-state index contributed by atoms with van der Waals surface area (Å²) in [5.74, 6) is 0. The highest BCUT2D eigenvalue weighted by Gasteiger charge is 1.98. The summed E-state index contributed by atoms with van der Waals surface area (Å²) in [7, 11) is 0. The van der Waals surface area contributed by atoms with Crippen LogP contribution < -0.4 is 0 Å². The lowest BCUT2D eigenvalue weighted by Crippen LogP contribution is -1.79. The first-order chi connectivity index (χ1) is 5.86. The molecule has 2 aromatic heterocycles. The Morgan fingerprint density at radius 2 is 2.25 bits per heavy atom. The SMILES string of the molecule is Brc1cncc(-c2ccn[nH]2)c1. The van der Waals surface area contributed by atoms with Gasteiger partial charge in [0.15, 0.2) is 0 Å². The second-order valence-corrected chi connectivity index (χ2v) is 3.28. The predicted octanol–water partition coefficient (Wildman–Crippen LogP) is 2.23. The molecule has 60 valence electrons. The third-order valence-corrected chi connectivity index (χ3v) is 1.95. The molecular weight excluding hydrogens is 218 g/mol. The van der Waals surface area contributed by atoms with Crippen molar-refractivity contribution in [3.05, 3.63) is 35.2 Å². The molecule has 0 aliphatic carbocycles. The van der Waals surface area contributed by atoms with Gasteiger partial charge in [-0.25, -0.2) is 0 Å². The molecular formula is C8H6BrN3. The first kappa shape index (κ1) is 7.49. The lowest BCUT2D eigenvalue weighted by molar-refractivity contribution is 1.09. The Balaban J connectivity index is 2.48. The fourth-order valence-electron chi connectivity index (χ4n) is 0.976. The van der Waals surface area contributed by atoms with Crippen LogP contribution in [0.25, 0.3) is 11.3 Å². The smallest absolute Gasteiger partial charge is 0.0666 e. The standard InChI is InChI=1S/C8H6BrN3/c9-7-3-6(4-10-5-7)8-1-2-11-12-8/h1-5H,(H,11,12). The van der Waals surface area contributed by atoms with E-state index in [2.05, 4.69) is 31.1 Å². The Hall–Kier alpha value is -1.16. The molecule has 12 heavy (non-hydrogen) atoms. The van der Waals surface area contributed by atoms with Crippen molar-refractivity contribution in [1.82, 2.24) is 15.2 Å². The van der Waals surface area contributed by atoms with Crippen LogP contribution in [0.3, 0.4) is 0 Å². The van der Waals surface area contributed by atoms with Crippen molar-refractivity contribution in [1.29, 1.82) is 0 Å². The minimum absolute atomic E-state index is 0.967. The number of aromatic nitrogens is 3. The number of nitrogens with one attached hydrogen (secondary N) is 1. The Morgan fingerprint density at radius 1 is 1.33 bits per heavy atom. The van der Waals surface area contributed by atoms with Gasteiger partial charge in [-0.05, 0) is 28.1 Å². The molecule has 0 aliphatic heterocycles. The maximum atomic E-state index is 4.05. The number of hydrogen-bond acceptors (Lipinski definition) is 2. The molecule has 2 heterocycles. The molecule has 0 atom stereocenters. The lowest BCUT2D eigenvalue weighted by Gasteiger charge is -1.95. The highest BCUT2D eigenvalue weighted by Crippen LogP contribution is 2.18. The number of rotatable bonds is 1. The number of nitrogens with zero attached hydrogens (tertiary/aromatic N) is 2. The highest BCUT2D eigenvalue weighted by molar-refractivity contribution is 9.10. The Kier molecular flexibility index (Phi) is 1.91. The monoisotopic (exact) mass is 223 g/mol. The van der Waals surface area contributed by atoms with Crippen molar-refractivity contribution in [3.8, 4) is 11.3 Å². The van der Waals surface area contributed by atoms with E-state index < -0.39 is 0 Å². The van der Waals surface area contributed by atoms with Crippen LogP contribution in [0.15, 0.2) is 35.2 Å². The number of halogens is 1. The Labute approximate surface area is 78.0 Å². The number of hydrogen-bond donors (Lipinski definition) is 1. The zero-order chi connectivity index (χ0) is 8.39. The summed E-state index contributed by atoms with van der Waals surface area (Å²) in [6.07, 6.45) is 5.26. The number of H-pyrrole nitrogens is 1. The second-order valence-electron chi connectivity index (χ2n) is 2.36. The predicted molar refractivity (Wildman–Crippen MR) is 49.5 cm³/mol. The van der Waals surface area contributed by atoms with Gasteiger partial charge in [-0.3, -0.25) is 10.1 Å². The molecule has 3 nitrogen and oxygen atoms in total. The molecule has 2 aromatic rings. The summed E-state index contributed by atoms with van der Waals surface area (Å²) in [6.45, 7) is 0. The normalized spacial score (nSPS) is 10.1. The van der Waals surface area contributed by atoms with Crippen LogP contribution in [-0.4, -0.2) is 15.2 Å². The van der Waals surface area contributed by atoms with Gasteiger partial charge in [-0.1, -0.05) is 0 Å². The average Bonchev–Trinajstić information content (AvgIpc) is 2.56. The van der Waals surface area contributed by atoms with Gasteiger partial charge in [0, 0.05) is 28.6 Å². The Morgan fingerprint density at radius 3 is 2.92 bits per heavy atom. The summed E-state index contributed by atoms with van der Waals surface area (Å²) in [6, 6.07) is 3.89. The van der Waals surface area contributed by atoms with Crippen LogP contribution in [0.4, 0.5) is 0 Å². The van der Waals surface area contributed by atoms with Crippen molar-refractivity contribution in [2.75, 3.05) is 0 Å². The molecule has 1 N–H and O–H groups in total. The molecule has 0 bridgehead atoms. The fourth-order valence-corrected chi connectivity index (χ4v) is 1.34. The average molecular weight is 224 g/mol. The molecule has 4 heteroatoms. The van der Waals surface area contributed by atoms with Gasteiger partial charge in [0.25, 0.3) is 0 Å². The summed E-state index contributed by atoms with van der Waals surface area (Å²) >= 11 is 3.35. The maximum absolute atomic E-state index is 4.05. The molecule has 0 spiro atoms. The molecule has 2 rings (SSSR count). The first-order valence-electron chi connectivity index (χ1n) is 3.46. The van der Waals surface area contributed by atoms with Crippen molar-refractivity contribution in [2.45, 2.75) is 0 Å². The molecule has 0 radical (unpaired) electrons. The molecule has 0 saturated heterocycles. The van der Waals surface area contributed by atoms with Gasteiger partial charge >= 0.3 is 0 Å². The Bertz CT molecular complexity index is 370. The van der Waals surface area contributed by atoms with Crippen LogP contribution in [-0.2, 0) is 0 Å². The van der Waals surface area contributed by atoms with Gasteiger partial charge in [-0.2, -0.15) is 5.10 Å². The zero-order valence-corrected chi connectivity index (χ0v) is 7.75. The van der Waals surface area contributed by atoms with E-state index in [4.69, 9.17) is 0 Å². The summed E-state index contributed by atoms with van der Waals surface area (Å²) in [5, 5.41) is 6.73. The molecule has 0 unspecified atom stereocenters. The summed E-state index contributed by atoms with van der Waals surface area (Å²) in [5.41, 5.74) is 2.01. The number of pyridine rings is 1. The van der Waals surface area contributed by atoms with Crippen molar-refractivity contribution in [3.63, 3.8) is 0 Å². The first-order valence-corrected chi connectivity index (χ1v) is 4.26. The maximum Gasteiger partial charge on any atom is 0.0666 e. The number of aromatic amines is 1. The van der Waals surface area contributed by atoms with Crippen LogP contribution in [0, 0.1) is 0 Å². The highest BCUT2D eigenvalue weighted by atomic mass is 79.9. The topological polar surface area (TPSA) is 41.6 Å². The molecule has 0 fully saturated rings. The lowest BCUT2D eigenvalue weighted by atomic mass is 10.2. The van der Waals surface area contributed by atoms with E-state index in [-0.39, 0.29) is 0 Å². The minimum Gasteiger partial charge on any atom is -0.278 e. The van der Waals surface area contributed by atoms with Crippen LogP contribution >= 0.6 is 15.9 Å². The van der Waals surface area contributed by atoms with Crippen LogP contribution in [0.5, 0.6) is 0 Å². The summed E-state index contributed by atoms with van der Waals surface area (Å²) in [4.78, 5) is 4.05.